The number of piperidine rings is 1. The molecule has 1 unspecified atom stereocenters. The third kappa shape index (κ3) is 4.08. The van der Waals surface area contributed by atoms with Gasteiger partial charge in [-0.3, -0.25) is 4.79 Å². The number of hydrogen-bond acceptors (Lipinski definition) is 3. The fourth-order valence-corrected chi connectivity index (χ4v) is 3.89. The molecule has 1 aromatic heterocycles. The molecule has 1 atom stereocenters. The van der Waals surface area contributed by atoms with E-state index in [-0.39, 0.29) is 17.7 Å². The molecule has 3 heterocycles. The molecule has 1 aromatic carbocycles. The van der Waals surface area contributed by atoms with Crippen LogP contribution in [-0.4, -0.2) is 53.1 Å². The van der Waals surface area contributed by atoms with E-state index in [1.165, 1.54) is 6.42 Å². The van der Waals surface area contributed by atoms with Crippen molar-refractivity contribution in [3.63, 3.8) is 0 Å². The molecule has 2 aliphatic rings. The summed E-state index contributed by atoms with van der Waals surface area (Å²) in [6, 6.07) is 11.0. The number of hydrogen-bond donors (Lipinski definition) is 1. The zero-order valence-corrected chi connectivity index (χ0v) is 16.4. The van der Waals surface area contributed by atoms with Crippen molar-refractivity contribution >= 4 is 17.6 Å². The van der Waals surface area contributed by atoms with Crippen molar-refractivity contribution < 1.29 is 9.53 Å². The van der Waals surface area contributed by atoms with E-state index >= 15 is 0 Å². The molecule has 0 saturated carbocycles. The summed E-state index contributed by atoms with van der Waals surface area (Å²) < 4.78 is 6.27. The number of likely N-dealkylation sites (tertiary alicyclic amines) is 2. The fourth-order valence-electron chi connectivity index (χ4n) is 3.77. The minimum absolute atomic E-state index is 0.0974. The lowest BCUT2D eigenvalue weighted by molar-refractivity contribution is -0.0695. The predicted octanol–water partition coefficient (Wildman–Crippen LogP) is 3.42. The van der Waals surface area contributed by atoms with Gasteiger partial charge in [-0.2, -0.15) is 0 Å². The third-order valence-corrected chi connectivity index (χ3v) is 5.63. The quantitative estimate of drug-likeness (QED) is 0.853. The zero-order valence-electron chi connectivity index (χ0n) is 15.6. The van der Waals surface area contributed by atoms with Crippen LogP contribution in [0.1, 0.15) is 36.5 Å². The molecule has 0 radical (unpaired) electrons. The first-order chi connectivity index (χ1) is 13.6. The summed E-state index contributed by atoms with van der Waals surface area (Å²) in [5.74, 6) is 0. The van der Waals surface area contributed by atoms with Gasteiger partial charge in [0.05, 0.1) is 24.8 Å². The van der Waals surface area contributed by atoms with E-state index in [1.807, 2.05) is 21.9 Å². The number of benzene rings is 1. The topological polar surface area (TPSA) is 65.6 Å². The predicted molar refractivity (Wildman–Crippen MR) is 108 cm³/mol. The average Bonchev–Trinajstić information content (AvgIpc) is 2.69. The number of H-pyrrole nitrogens is 1. The zero-order chi connectivity index (χ0) is 19.5. The number of aromatic amines is 1. The van der Waals surface area contributed by atoms with Crippen molar-refractivity contribution in [1.29, 1.82) is 0 Å². The number of nitrogens with zero attached hydrogens (tertiary/aromatic N) is 2. The molecule has 0 bridgehead atoms. The molecule has 6 nitrogen and oxygen atoms in total. The van der Waals surface area contributed by atoms with Crippen LogP contribution in [0, 0.1) is 0 Å². The molecule has 4 rings (SSSR count). The summed E-state index contributed by atoms with van der Waals surface area (Å²) >= 11 is 6.01. The summed E-state index contributed by atoms with van der Waals surface area (Å²) in [4.78, 5) is 31.4. The summed E-state index contributed by atoms with van der Waals surface area (Å²) in [6.45, 7) is 2.77. The maximum absolute atomic E-state index is 12.6. The Kier molecular flexibility index (Phi) is 5.69. The van der Waals surface area contributed by atoms with Crippen LogP contribution < -0.4 is 5.56 Å². The van der Waals surface area contributed by atoms with Crippen molar-refractivity contribution in [2.24, 2.45) is 0 Å². The van der Waals surface area contributed by atoms with Crippen LogP contribution in [0.5, 0.6) is 0 Å². The van der Waals surface area contributed by atoms with E-state index in [1.54, 1.807) is 30.5 Å². The number of carbonyl (C=O) groups excluding carboxylic acids is 1. The Hall–Kier alpha value is -2.31. The molecule has 2 aromatic rings. The third-order valence-electron chi connectivity index (χ3n) is 5.38. The number of ether oxygens (including phenoxy) is 1. The Morgan fingerprint density at radius 1 is 1.07 bits per heavy atom. The summed E-state index contributed by atoms with van der Waals surface area (Å²) in [6.07, 6.45) is 4.36. The van der Waals surface area contributed by atoms with Gasteiger partial charge in [0.2, 0.25) is 0 Å². The number of halogens is 1. The highest BCUT2D eigenvalue weighted by Crippen LogP contribution is 2.29. The van der Waals surface area contributed by atoms with Gasteiger partial charge in [-0.1, -0.05) is 23.7 Å². The Morgan fingerprint density at radius 2 is 1.79 bits per heavy atom. The number of urea groups is 1. The normalized spacial score (nSPS) is 18.6. The van der Waals surface area contributed by atoms with Crippen LogP contribution in [0.3, 0.4) is 0 Å². The lowest BCUT2D eigenvalue weighted by Crippen LogP contribution is -2.59. The summed E-state index contributed by atoms with van der Waals surface area (Å²) in [5.41, 5.74) is 1.23. The maximum atomic E-state index is 12.6. The van der Waals surface area contributed by atoms with Gasteiger partial charge in [-0.25, -0.2) is 4.79 Å². The smallest absolute Gasteiger partial charge is 0.320 e. The summed E-state index contributed by atoms with van der Waals surface area (Å²) in [7, 11) is 0. The standard InChI is InChI=1S/C21H24ClN3O3/c22-16-8-6-15(7-9-16)19(18-5-4-10-23-20(18)26)28-17-13-25(14-17)21(27)24-11-2-1-3-12-24/h4-10,17,19H,1-3,11-14H2,(H,23,26). The first-order valence-electron chi connectivity index (χ1n) is 9.74. The Balaban J connectivity index is 1.45. The molecular weight excluding hydrogens is 378 g/mol. The largest absolute Gasteiger partial charge is 0.362 e. The highest BCUT2D eigenvalue weighted by atomic mass is 35.5. The molecule has 2 fully saturated rings. The monoisotopic (exact) mass is 401 g/mol. The summed E-state index contributed by atoms with van der Waals surface area (Å²) in [5, 5.41) is 0.631. The second kappa shape index (κ2) is 8.37. The van der Waals surface area contributed by atoms with Crippen molar-refractivity contribution in [1.82, 2.24) is 14.8 Å². The van der Waals surface area contributed by atoms with Crippen molar-refractivity contribution in [3.8, 4) is 0 Å². The second-order valence-corrected chi connectivity index (χ2v) is 7.82. The number of amides is 2. The average molecular weight is 402 g/mol. The van der Waals surface area contributed by atoms with E-state index in [2.05, 4.69) is 4.98 Å². The minimum Gasteiger partial charge on any atom is -0.362 e. The van der Waals surface area contributed by atoms with Gasteiger partial charge in [0.1, 0.15) is 6.10 Å². The van der Waals surface area contributed by atoms with E-state index < -0.39 is 6.10 Å². The van der Waals surface area contributed by atoms with Gasteiger partial charge in [0.25, 0.3) is 5.56 Å². The molecule has 28 heavy (non-hydrogen) atoms. The van der Waals surface area contributed by atoms with Crippen LogP contribution in [0.25, 0.3) is 0 Å². The van der Waals surface area contributed by atoms with Gasteiger partial charge in [-0.15, -0.1) is 0 Å². The Morgan fingerprint density at radius 3 is 2.46 bits per heavy atom. The van der Waals surface area contributed by atoms with E-state index in [0.717, 1.165) is 31.5 Å². The molecule has 2 aliphatic heterocycles. The molecular formula is C21H24ClN3O3. The van der Waals surface area contributed by atoms with Gasteiger partial charge in [-0.05, 0) is 49.1 Å². The lowest BCUT2D eigenvalue weighted by Gasteiger charge is -2.43. The van der Waals surface area contributed by atoms with Gasteiger partial charge in [0.15, 0.2) is 0 Å². The molecule has 2 saturated heterocycles. The molecule has 7 heteroatoms. The van der Waals surface area contributed by atoms with Crippen molar-refractivity contribution in [2.75, 3.05) is 26.2 Å². The molecule has 0 aliphatic carbocycles. The van der Waals surface area contributed by atoms with Gasteiger partial charge in [0, 0.05) is 24.3 Å². The van der Waals surface area contributed by atoms with E-state index in [0.29, 0.717) is 23.7 Å². The van der Waals surface area contributed by atoms with Crippen molar-refractivity contribution in [3.05, 3.63) is 69.1 Å². The number of carbonyl (C=O) groups is 1. The first kappa shape index (κ1) is 19.0. The van der Waals surface area contributed by atoms with Crippen LogP contribution in [0.15, 0.2) is 47.4 Å². The first-order valence-corrected chi connectivity index (χ1v) is 10.1. The molecule has 2 amide bonds. The number of nitrogens with one attached hydrogen (secondary N) is 1. The number of pyridine rings is 1. The van der Waals surface area contributed by atoms with Crippen LogP contribution in [-0.2, 0) is 4.74 Å². The van der Waals surface area contributed by atoms with Crippen LogP contribution in [0.4, 0.5) is 4.79 Å². The Labute approximate surface area is 169 Å². The molecule has 148 valence electrons. The maximum Gasteiger partial charge on any atom is 0.320 e. The number of rotatable bonds is 4. The second-order valence-electron chi connectivity index (χ2n) is 7.38. The fraction of sp³-hybridized carbons (Fsp3) is 0.429. The van der Waals surface area contributed by atoms with E-state index in [9.17, 15) is 9.59 Å². The van der Waals surface area contributed by atoms with Gasteiger partial charge >= 0.3 is 6.03 Å². The SMILES string of the molecule is O=C(N1CCCCC1)N1CC(OC(c2ccc(Cl)cc2)c2ccc[nH]c2=O)C1. The molecule has 0 spiro atoms. The number of aromatic nitrogens is 1. The highest BCUT2D eigenvalue weighted by molar-refractivity contribution is 6.30. The van der Waals surface area contributed by atoms with Crippen LogP contribution in [0.2, 0.25) is 5.02 Å². The van der Waals surface area contributed by atoms with Crippen molar-refractivity contribution in [2.45, 2.75) is 31.5 Å². The molecule has 1 N–H and O–H groups in total. The highest BCUT2D eigenvalue weighted by Gasteiger charge is 2.36. The van der Waals surface area contributed by atoms with Gasteiger partial charge < -0.3 is 19.5 Å². The van der Waals surface area contributed by atoms with E-state index in [4.69, 9.17) is 16.3 Å². The Bertz CT molecular complexity index is 871. The lowest BCUT2D eigenvalue weighted by atomic mass is 10.0. The minimum atomic E-state index is -0.501. The van der Waals surface area contributed by atoms with Crippen LogP contribution >= 0.6 is 11.6 Å².